The van der Waals surface area contributed by atoms with Gasteiger partial charge in [-0.2, -0.15) is 0 Å². The van der Waals surface area contributed by atoms with Crippen molar-refractivity contribution in [3.63, 3.8) is 0 Å². The van der Waals surface area contributed by atoms with E-state index in [1.165, 1.54) is 13.0 Å². The first-order chi connectivity index (χ1) is 9.38. The molecule has 0 bridgehead atoms. The van der Waals surface area contributed by atoms with Gasteiger partial charge in [-0.05, 0) is 32.4 Å². The molecule has 0 aliphatic carbocycles. The average Bonchev–Trinajstić information content (AvgIpc) is 2.39. The molecular weight excluding hydrogens is 264 g/mol. The molecule has 0 aromatic rings. The maximum absolute atomic E-state index is 11.5. The van der Waals surface area contributed by atoms with Crippen molar-refractivity contribution in [1.82, 2.24) is 0 Å². The Morgan fingerprint density at radius 1 is 1.05 bits per heavy atom. The van der Waals surface area contributed by atoms with Gasteiger partial charge in [-0.15, -0.1) is 0 Å². The second kappa shape index (κ2) is 7.59. The van der Waals surface area contributed by atoms with E-state index in [4.69, 9.17) is 9.47 Å². The highest BCUT2D eigenvalue weighted by molar-refractivity contribution is 5.95. The molecule has 1 N–H and O–H groups in total. The fourth-order valence-corrected chi connectivity index (χ4v) is 1.51. The summed E-state index contributed by atoms with van der Waals surface area (Å²) in [6, 6.07) is 0. The lowest BCUT2D eigenvalue weighted by molar-refractivity contribution is -0.146. The summed E-state index contributed by atoms with van der Waals surface area (Å²) in [6.45, 7) is 3.14. The lowest BCUT2D eigenvalue weighted by Crippen LogP contribution is -2.27. The van der Waals surface area contributed by atoms with Crippen molar-refractivity contribution in [3.8, 4) is 0 Å². The van der Waals surface area contributed by atoms with Gasteiger partial charge in [0.1, 0.15) is 12.2 Å². The normalized spacial score (nSPS) is 32.8. The number of allylic oxidation sites excluding steroid dienone is 1. The van der Waals surface area contributed by atoms with Gasteiger partial charge >= 0.3 is 11.9 Å². The molecule has 0 saturated carbocycles. The Balaban J connectivity index is 2.82. The number of hydrogen-bond donors (Lipinski definition) is 1. The quantitative estimate of drug-likeness (QED) is 0.657. The van der Waals surface area contributed by atoms with Gasteiger partial charge in [-0.3, -0.25) is 4.79 Å². The highest BCUT2D eigenvalue weighted by atomic mass is 16.6. The predicted octanol–water partition coefficient (Wildman–Crippen LogP) is 0.686. The molecule has 6 nitrogen and oxygen atoms in total. The Labute approximate surface area is 117 Å². The van der Waals surface area contributed by atoms with Crippen LogP contribution in [0.25, 0.3) is 0 Å². The number of hydrogen-bond acceptors (Lipinski definition) is 6. The van der Waals surface area contributed by atoms with Crippen LogP contribution in [0.15, 0.2) is 24.3 Å². The van der Waals surface area contributed by atoms with Crippen molar-refractivity contribution in [3.05, 3.63) is 24.3 Å². The summed E-state index contributed by atoms with van der Waals surface area (Å²) in [5.74, 6) is -1.59. The van der Waals surface area contributed by atoms with Crippen molar-refractivity contribution in [1.29, 1.82) is 0 Å². The first-order valence-electron chi connectivity index (χ1n) is 6.37. The van der Waals surface area contributed by atoms with Crippen LogP contribution in [-0.2, 0) is 23.9 Å². The molecule has 0 radical (unpaired) electrons. The summed E-state index contributed by atoms with van der Waals surface area (Å²) in [5, 5.41) is 9.68. The number of ether oxygens (including phenoxy) is 2. The smallest absolute Gasteiger partial charge is 0.331 e. The Bertz CT molecular complexity index is 437. The molecule has 0 aromatic heterocycles. The second-order valence-electron chi connectivity index (χ2n) is 4.58. The summed E-state index contributed by atoms with van der Waals surface area (Å²) in [7, 11) is 0. The third-order valence-corrected chi connectivity index (χ3v) is 2.73. The van der Waals surface area contributed by atoms with Crippen LogP contribution in [-0.4, -0.2) is 41.1 Å². The van der Waals surface area contributed by atoms with Gasteiger partial charge in [0.05, 0.1) is 6.10 Å². The third kappa shape index (κ3) is 5.79. The van der Waals surface area contributed by atoms with E-state index in [1.54, 1.807) is 6.92 Å². The van der Waals surface area contributed by atoms with Crippen LogP contribution in [0.2, 0.25) is 0 Å². The number of rotatable bonds is 0. The minimum Gasteiger partial charge on any atom is -0.460 e. The van der Waals surface area contributed by atoms with Gasteiger partial charge in [0.2, 0.25) is 0 Å². The van der Waals surface area contributed by atoms with Gasteiger partial charge in [0, 0.05) is 18.6 Å². The largest absolute Gasteiger partial charge is 0.460 e. The number of ketones is 1. The van der Waals surface area contributed by atoms with Crippen molar-refractivity contribution in [2.45, 2.75) is 45.0 Å². The zero-order valence-corrected chi connectivity index (χ0v) is 11.4. The molecule has 1 heterocycles. The number of aliphatic hydroxyl groups excluding tert-OH is 1. The first-order valence-corrected chi connectivity index (χ1v) is 6.37. The minimum atomic E-state index is -1.13. The maximum Gasteiger partial charge on any atom is 0.331 e. The Morgan fingerprint density at radius 2 is 1.70 bits per heavy atom. The molecule has 0 spiro atoms. The SMILES string of the molecule is C[C@@H]1CCC(=O)/C=C/C(=O)O[C@H](C)[C@@H](O)/C=C/C(=O)O1. The Kier molecular flexibility index (Phi) is 6.11. The molecule has 6 heteroatoms. The topological polar surface area (TPSA) is 89.9 Å². The van der Waals surface area contributed by atoms with Gasteiger partial charge in [0.25, 0.3) is 0 Å². The Hall–Kier alpha value is -1.95. The van der Waals surface area contributed by atoms with Gasteiger partial charge < -0.3 is 14.6 Å². The molecule has 0 aromatic carbocycles. The molecule has 110 valence electrons. The molecule has 0 unspecified atom stereocenters. The molecule has 20 heavy (non-hydrogen) atoms. The zero-order valence-electron chi connectivity index (χ0n) is 11.4. The molecule has 3 atom stereocenters. The summed E-state index contributed by atoms with van der Waals surface area (Å²) in [6.07, 6.45) is 2.56. The van der Waals surface area contributed by atoms with E-state index in [0.717, 1.165) is 18.2 Å². The second-order valence-corrected chi connectivity index (χ2v) is 4.58. The van der Waals surface area contributed by atoms with Crippen LogP contribution in [0.4, 0.5) is 0 Å². The van der Waals surface area contributed by atoms with E-state index in [-0.39, 0.29) is 12.2 Å². The number of esters is 2. The summed E-state index contributed by atoms with van der Waals surface area (Å²) in [4.78, 5) is 34.3. The highest BCUT2D eigenvalue weighted by Gasteiger charge is 2.17. The zero-order chi connectivity index (χ0) is 15.1. The summed E-state index contributed by atoms with van der Waals surface area (Å²) >= 11 is 0. The maximum atomic E-state index is 11.5. The summed E-state index contributed by atoms with van der Waals surface area (Å²) in [5.41, 5.74) is 0. The van der Waals surface area contributed by atoms with Crippen LogP contribution in [0.1, 0.15) is 26.7 Å². The van der Waals surface area contributed by atoms with Crippen molar-refractivity contribution in [2.75, 3.05) is 0 Å². The van der Waals surface area contributed by atoms with Crippen LogP contribution < -0.4 is 0 Å². The number of aliphatic hydroxyl groups is 1. The monoisotopic (exact) mass is 282 g/mol. The van der Waals surface area contributed by atoms with E-state index in [0.29, 0.717) is 6.42 Å². The molecular formula is C14H18O6. The fraction of sp³-hybridized carbons (Fsp3) is 0.500. The molecule has 0 saturated heterocycles. The highest BCUT2D eigenvalue weighted by Crippen LogP contribution is 2.07. The molecule has 1 aliphatic heterocycles. The number of carbonyl (C=O) groups is 3. The first kappa shape index (κ1) is 16.1. The van der Waals surface area contributed by atoms with Gasteiger partial charge in [-0.25, -0.2) is 9.59 Å². The molecule has 0 fully saturated rings. The van der Waals surface area contributed by atoms with Gasteiger partial charge in [-0.1, -0.05) is 0 Å². The van der Waals surface area contributed by atoms with Crippen molar-refractivity contribution >= 4 is 17.7 Å². The van der Waals surface area contributed by atoms with E-state index >= 15 is 0 Å². The standard InChI is InChI=1S/C14H18O6/c1-9-3-4-11(15)5-7-14(18)20-10(2)12(16)6-8-13(17)19-9/h5-10,12,16H,3-4H2,1-2H3/b7-5+,8-6+/t9-,10-,12+/m1/s1. The molecule has 1 rings (SSSR count). The van der Waals surface area contributed by atoms with Crippen molar-refractivity contribution < 1.29 is 29.0 Å². The number of cyclic esters (lactones) is 2. The minimum absolute atomic E-state index is 0.167. The van der Waals surface area contributed by atoms with E-state index < -0.39 is 30.3 Å². The van der Waals surface area contributed by atoms with E-state index in [2.05, 4.69) is 0 Å². The van der Waals surface area contributed by atoms with Crippen LogP contribution >= 0.6 is 0 Å². The van der Waals surface area contributed by atoms with Crippen LogP contribution in [0.5, 0.6) is 0 Å². The lowest BCUT2D eigenvalue weighted by atomic mass is 10.1. The fourth-order valence-electron chi connectivity index (χ4n) is 1.51. The molecule has 1 aliphatic rings. The van der Waals surface area contributed by atoms with Gasteiger partial charge in [0.15, 0.2) is 5.78 Å². The predicted molar refractivity (Wildman–Crippen MR) is 69.6 cm³/mol. The van der Waals surface area contributed by atoms with Crippen molar-refractivity contribution in [2.24, 2.45) is 0 Å². The molecule has 0 amide bonds. The van der Waals surface area contributed by atoms with E-state index in [1.807, 2.05) is 0 Å². The number of carbonyl (C=O) groups excluding carboxylic acids is 3. The van der Waals surface area contributed by atoms with Crippen LogP contribution in [0, 0.1) is 0 Å². The van der Waals surface area contributed by atoms with Crippen LogP contribution in [0.3, 0.4) is 0 Å². The van der Waals surface area contributed by atoms with E-state index in [9.17, 15) is 19.5 Å². The third-order valence-electron chi connectivity index (χ3n) is 2.73. The lowest BCUT2D eigenvalue weighted by Gasteiger charge is -2.16. The Morgan fingerprint density at radius 3 is 2.40 bits per heavy atom. The average molecular weight is 282 g/mol. The summed E-state index contributed by atoms with van der Waals surface area (Å²) < 4.78 is 9.91.